The summed E-state index contributed by atoms with van der Waals surface area (Å²) in [6, 6.07) is 10.4. The summed E-state index contributed by atoms with van der Waals surface area (Å²) in [5.41, 5.74) is 2.89. The molecular formula is C21H20Cl2N2O3S. The van der Waals surface area contributed by atoms with Crippen LogP contribution in [-0.2, 0) is 11.4 Å². The van der Waals surface area contributed by atoms with Gasteiger partial charge in [0.2, 0.25) is 0 Å². The highest BCUT2D eigenvalue weighted by atomic mass is 35.5. The van der Waals surface area contributed by atoms with Crippen LogP contribution in [0.1, 0.15) is 31.0 Å². The molecule has 3 rings (SSSR count). The second kappa shape index (κ2) is 9.03. The van der Waals surface area contributed by atoms with Gasteiger partial charge in [0.25, 0.3) is 0 Å². The largest absolute Gasteiger partial charge is 0.493 e. The van der Waals surface area contributed by atoms with Crippen LogP contribution in [0.2, 0.25) is 10.0 Å². The molecule has 152 valence electrons. The van der Waals surface area contributed by atoms with E-state index in [1.54, 1.807) is 31.4 Å². The Kier molecular flexibility index (Phi) is 6.67. The van der Waals surface area contributed by atoms with E-state index >= 15 is 0 Å². The number of ether oxygens (including phenoxy) is 2. The average molecular weight is 451 g/mol. The molecule has 0 amide bonds. The maximum atomic E-state index is 12.2. The van der Waals surface area contributed by atoms with Crippen LogP contribution in [0.4, 0.5) is 0 Å². The van der Waals surface area contributed by atoms with E-state index < -0.39 is 0 Å². The maximum absolute atomic E-state index is 12.2. The van der Waals surface area contributed by atoms with E-state index in [2.05, 4.69) is 10.6 Å². The Morgan fingerprint density at radius 2 is 1.86 bits per heavy atom. The molecule has 1 atom stereocenters. The number of rotatable bonds is 6. The smallest absolute Gasteiger partial charge is 0.171 e. The summed E-state index contributed by atoms with van der Waals surface area (Å²) in [7, 11) is 1.56. The molecular weight excluding hydrogens is 431 g/mol. The third-order valence-electron chi connectivity index (χ3n) is 4.60. The Morgan fingerprint density at radius 3 is 2.48 bits per heavy atom. The fourth-order valence-electron chi connectivity index (χ4n) is 3.21. The van der Waals surface area contributed by atoms with Crippen molar-refractivity contribution in [3.8, 4) is 11.5 Å². The third-order valence-corrected chi connectivity index (χ3v) is 5.53. The first-order valence-corrected chi connectivity index (χ1v) is 10.0. The highest BCUT2D eigenvalue weighted by Crippen LogP contribution is 2.35. The summed E-state index contributed by atoms with van der Waals surface area (Å²) in [6.45, 7) is 3.56. The lowest BCUT2D eigenvalue weighted by molar-refractivity contribution is -0.114. The number of allylic oxidation sites excluding steroid dienone is 1. The van der Waals surface area contributed by atoms with Gasteiger partial charge in [-0.3, -0.25) is 4.79 Å². The Balaban J connectivity index is 1.90. The number of thiocarbonyl (C=S) groups is 1. The van der Waals surface area contributed by atoms with Crippen LogP contribution in [0, 0.1) is 0 Å². The predicted octanol–water partition coefficient (Wildman–Crippen LogP) is 4.96. The van der Waals surface area contributed by atoms with E-state index in [4.69, 9.17) is 44.9 Å². The number of carbonyl (C=O) groups is 1. The van der Waals surface area contributed by atoms with Crippen molar-refractivity contribution in [1.82, 2.24) is 10.6 Å². The van der Waals surface area contributed by atoms with Crippen LogP contribution < -0.4 is 20.1 Å². The van der Waals surface area contributed by atoms with Crippen molar-refractivity contribution in [2.75, 3.05) is 7.11 Å². The summed E-state index contributed by atoms with van der Waals surface area (Å²) >= 11 is 17.7. The molecule has 2 aromatic rings. The van der Waals surface area contributed by atoms with E-state index in [-0.39, 0.29) is 18.4 Å². The summed E-state index contributed by atoms with van der Waals surface area (Å²) in [4.78, 5) is 12.2. The first-order chi connectivity index (χ1) is 13.8. The second-order valence-corrected chi connectivity index (χ2v) is 7.75. The molecule has 29 heavy (non-hydrogen) atoms. The molecule has 0 radical (unpaired) electrons. The first-order valence-electron chi connectivity index (χ1n) is 8.84. The second-order valence-electron chi connectivity index (χ2n) is 6.53. The van der Waals surface area contributed by atoms with E-state index in [1.165, 1.54) is 6.92 Å². The number of nitrogens with one attached hydrogen (secondary N) is 2. The highest BCUT2D eigenvalue weighted by Gasteiger charge is 2.28. The summed E-state index contributed by atoms with van der Waals surface area (Å²) < 4.78 is 11.4. The van der Waals surface area contributed by atoms with Crippen molar-refractivity contribution in [3.05, 3.63) is 68.8 Å². The number of benzene rings is 2. The van der Waals surface area contributed by atoms with Crippen molar-refractivity contribution in [3.63, 3.8) is 0 Å². The Hall–Kier alpha value is -2.28. The Bertz CT molecular complexity index is 987. The normalized spacial score (nSPS) is 16.2. The lowest BCUT2D eigenvalue weighted by Crippen LogP contribution is -2.44. The minimum Gasteiger partial charge on any atom is -0.493 e. The van der Waals surface area contributed by atoms with E-state index in [9.17, 15) is 4.79 Å². The Morgan fingerprint density at radius 1 is 1.17 bits per heavy atom. The average Bonchev–Trinajstić information content (AvgIpc) is 2.66. The zero-order valence-electron chi connectivity index (χ0n) is 16.1. The van der Waals surface area contributed by atoms with Gasteiger partial charge in [-0.25, -0.2) is 0 Å². The molecule has 0 saturated carbocycles. The molecule has 0 aromatic heterocycles. The molecule has 0 aliphatic carbocycles. The molecule has 2 N–H and O–H groups in total. The fourth-order valence-corrected chi connectivity index (χ4v) is 3.99. The van der Waals surface area contributed by atoms with Crippen molar-refractivity contribution >= 4 is 46.3 Å². The lowest BCUT2D eigenvalue weighted by atomic mass is 9.93. The number of halogens is 2. The minimum absolute atomic E-state index is 0.0392. The van der Waals surface area contributed by atoms with Gasteiger partial charge >= 0.3 is 0 Å². The van der Waals surface area contributed by atoms with Gasteiger partial charge in [-0.1, -0.05) is 35.3 Å². The zero-order valence-corrected chi connectivity index (χ0v) is 18.5. The summed E-state index contributed by atoms with van der Waals surface area (Å²) in [5, 5.41) is 7.68. The van der Waals surface area contributed by atoms with Crippen molar-refractivity contribution < 1.29 is 14.3 Å². The van der Waals surface area contributed by atoms with Gasteiger partial charge in [-0.15, -0.1) is 0 Å². The number of carbonyl (C=O) groups excluding carboxylic acids is 1. The van der Waals surface area contributed by atoms with Crippen LogP contribution in [-0.4, -0.2) is 18.0 Å². The monoisotopic (exact) mass is 450 g/mol. The van der Waals surface area contributed by atoms with Gasteiger partial charge in [0.05, 0.1) is 13.2 Å². The number of hydrogen-bond donors (Lipinski definition) is 2. The van der Waals surface area contributed by atoms with E-state index in [0.717, 1.165) is 11.3 Å². The molecule has 1 heterocycles. The van der Waals surface area contributed by atoms with Gasteiger partial charge in [-0.2, -0.15) is 0 Å². The highest BCUT2D eigenvalue weighted by molar-refractivity contribution is 7.80. The number of hydrogen-bond acceptors (Lipinski definition) is 4. The van der Waals surface area contributed by atoms with Crippen molar-refractivity contribution in [1.29, 1.82) is 0 Å². The van der Waals surface area contributed by atoms with Crippen LogP contribution in [0.3, 0.4) is 0 Å². The Labute approximate surface area is 185 Å². The van der Waals surface area contributed by atoms with Gasteiger partial charge in [0.15, 0.2) is 22.4 Å². The number of Topliss-reactive ketones (excluding diaryl/α,β-unsaturated/α-hetero) is 1. The van der Waals surface area contributed by atoms with Crippen LogP contribution in [0.15, 0.2) is 47.7 Å². The van der Waals surface area contributed by atoms with Crippen LogP contribution >= 0.6 is 35.4 Å². The molecule has 2 aromatic carbocycles. The standard InChI is InChI=1S/C21H20Cl2N2O3S/c1-11-19(12(2)26)20(25-21(29)24-11)13-7-8-17(18(9-13)27-3)28-10-14-15(22)5-4-6-16(14)23/h4-9,20H,10H2,1-3H3,(H2,24,25,29). The van der Waals surface area contributed by atoms with Gasteiger partial charge < -0.3 is 20.1 Å². The van der Waals surface area contributed by atoms with Gasteiger partial charge in [0.1, 0.15) is 6.61 Å². The fraction of sp³-hybridized carbons (Fsp3) is 0.238. The van der Waals surface area contributed by atoms with Gasteiger partial charge in [0, 0.05) is 26.9 Å². The molecule has 0 bridgehead atoms. The minimum atomic E-state index is -0.373. The SMILES string of the molecule is COc1cc(C2NC(=S)NC(C)=C2C(C)=O)ccc1OCc1c(Cl)cccc1Cl. The summed E-state index contributed by atoms with van der Waals surface area (Å²) in [6.07, 6.45) is 0. The van der Waals surface area contributed by atoms with Crippen molar-refractivity contribution in [2.24, 2.45) is 0 Å². The van der Waals surface area contributed by atoms with E-state index in [0.29, 0.717) is 37.8 Å². The number of methoxy groups -OCH3 is 1. The summed E-state index contributed by atoms with van der Waals surface area (Å²) in [5.74, 6) is 1.02. The molecule has 0 fully saturated rings. The molecule has 5 nitrogen and oxygen atoms in total. The topological polar surface area (TPSA) is 59.6 Å². The predicted molar refractivity (Wildman–Crippen MR) is 119 cm³/mol. The third kappa shape index (κ3) is 4.66. The molecule has 1 aliphatic heterocycles. The number of ketones is 1. The zero-order chi connectivity index (χ0) is 21.1. The van der Waals surface area contributed by atoms with Crippen LogP contribution in [0.5, 0.6) is 11.5 Å². The molecule has 1 aliphatic rings. The van der Waals surface area contributed by atoms with Crippen molar-refractivity contribution in [2.45, 2.75) is 26.5 Å². The molecule has 0 saturated heterocycles. The molecule has 1 unspecified atom stereocenters. The van der Waals surface area contributed by atoms with Crippen LogP contribution in [0.25, 0.3) is 0 Å². The first kappa shape index (κ1) is 21.4. The maximum Gasteiger partial charge on any atom is 0.171 e. The van der Waals surface area contributed by atoms with E-state index in [1.807, 2.05) is 19.1 Å². The molecule has 0 spiro atoms. The lowest BCUT2D eigenvalue weighted by Gasteiger charge is -2.30. The van der Waals surface area contributed by atoms with Gasteiger partial charge in [-0.05, 0) is 55.9 Å². The quantitative estimate of drug-likeness (QED) is 0.606. The molecule has 8 heteroatoms.